The standard InChI is InChI=1S/C29H28N2O4/c1-5-18-35-22-15-11-20(12-16-22)26(32)24-25(19-9-13-21(14-10-19)29(2,3)4)31(28(34)27(24)33)23-8-6-7-17-30-23/h5-17,25,32H,1,18H2,2-4H3/b26-24+. The van der Waals surface area contributed by atoms with Crippen LogP contribution in [-0.4, -0.2) is 28.4 Å². The number of hydrogen-bond acceptors (Lipinski definition) is 5. The maximum Gasteiger partial charge on any atom is 0.301 e. The Hall–Kier alpha value is -4.19. The molecule has 1 amide bonds. The summed E-state index contributed by atoms with van der Waals surface area (Å²) in [7, 11) is 0. The molecule has 1 aliphatic heterocycles. The van der Waals surface area contributed by atoms with Gasteiger partial charge in [-0.05, 0) is 52.9 Å². The highest BCUT2D eigenvalue weighted by molar-refractivity contribution is 6.51. The van der Waals surface area contributed by atoms with Crippen molar-refractivity contribution < 1.29 is 19.4 Å². The van der Waals surface area contributed by atoms with Crippen LogP contribution in [0.5, 0.6) is 5.75 Å². The number of carbonyl (C=O) groups is 2. The lowest BCUT2D eigenvalue weighted by molar-refractivity contribution is -0.132. The molecule has 1 fully saturated rings. The molecule has 4 rings (SSSR count). The lowest BCUT2D eigenvalue weighted by atomic mass is 9.85. The third-order valence-corrected chi connectivity index (χ3v) is 5.93. The average molecular weight is 469 g/mol. The van der Waals surface area contributed by atoms with Gasteiger partial charge in [-0.3, -0.25) is 14.5 Å². The summed E-state index contributed by atoms with van der Waals surface area (Å²) in [5.41, 5.74) is 2.19. The number of aliphatic hydroxyl groups excluding tert-OH is 1. The zero-order valence-corrected chi connectivity index (χ0v) is 20.1. The Kier molecular flexibility index (Phi) is 6.56. The van der Waals surface area contributed by atoms with Crippen molar-refractivity contribution in [1.29, 1.82) is 0 Å². The number of carbonyl (C=O) groups excluding carboxylic acids is 2. The third-order valence-electron chi connectivity index (χ3n) is 5.93. The molecule has 0 radical (unpaired) electrons. The smallest absolute Gasteiger partial charge is 0.301 e. The van der Waals surface area contributed by atoms with E-state index < -0.39 is 17.7 Å². The molecule has 3 aromatic rings. The van der Waals surface area contributed by atoms with Crippen molar-refractivity contribution in [2.45, 2.75) is 32.2 Å². The molecule has 1 saturated heterocycles. The number of rotatable bonds is 6. The zero-order chi connectivity index (χ0) is 25.2. The largest absolute Gasteiger partial charge is 0.507 e. The average Bonchev–Trinajstić information content (AvgIpc) is 3.13. The van der Waals surface area contributed by atoms with Gasteiger partial charge in [-0.25, -0.2) is 4.98 Å². The van der Waals surface area contributed by atoms with Gasteiger partial charge < -0.3 is 9.84 Å². The minimum atomic E-state index is -0.824. The van der Waals surface area contributed by atoms with E-state index in [0.29, 0.717) is 29.3 Å². The van der Waals surface area contributed by atoms with Gasteiger partial charge in [0.15, 0.2) is 0 Å². The number of Topliss-reactive ketones (excluding diaryl/α,β-unsaturated/α-hetero) is 1. The van der Waals surface area contributed by atoms with Crippen LogP contribution in [0.25, 0.3) is 5.76 Å². The Bertz CT molecular complexity index is 1270. The number of ketones is 1. The Balaban J connectivity index is 1.84. The van der Waals surface area contributed by atoms with E-state index in [4.69, 9.17) is 4.74 Å². The van der Waals surface area contributed by atoms with E-state index in [9.17, 15) is 14.7 Å². The molecule has 1 aromatic heterocycles. The molecule has 0 spiro atoms. The molecule has 178 valence electrons. The van der Waals surface area contributed by atoms with E-state index in [0.717, 1.165) is 5.56 Å². The Morgan fingerprint density at radius 2 is 1.74 bits per heavy atom. The summed E-state index contributed by atoms with van der Waals surface area (Å²) in [4.78, 5) is 32.1. The lowest BCUT2D eigenvalue weighted by Gasteiger charge is -2.25. The number of pyridine rings is 1. The molecule has 6 heteroatoms. The van der Waals surface area contributed by atoms with E-state index in [1.165, 1.54) is 4.90 Å². The minimum Gasteiger partial charge on any atom is -0.507 e. The monoisotopic (exact) mass is 468 g/mol. The van der Waals surface area contributed by atoms with Crippen LogP contribution in [0.3, 0.4) is 0 Å². The molecule has 35 heavy (non-hydrogen) atoms. The number of aromatic nitrogens is 1. The van der Waals surface area contributed by atoms with Crippen LogP contribution in [0.15, 0.2) is 91.2 Å². The number of hydrogen-bond donors (Lipinski definition) is 1. The number of anilines is 1. The molecular weight excluding hydrogens is 440 g/mol. The molecular formula is C29H28N2O4. The second-order valence-corrected chi connectivity index (χ2v) is 9.35. The van der Waals surface area contributed by atoms with Gasteiger partial charge in [-0.2, -0.15) is 0 Å². The van der Waals surface area contributed by atoms with Gasteiger partial charge in [-0.15, -0.1) is 0 Å². The summed E-state index contributed by atoms with van der Waals surface area (Å²) in [6.45, 7) is 10.3. The minimum absolute atomic E-state index is 0.0175. The van der Waals surface area contributed by atoms with Gasteiger partial charge in [0, 0.05) is 11.8 Å². The summed E-state index contributed by atoms with van der Waals surface area (Å²) in [6.07, 6.45) is 3.20. The van der Waals surface area contributed by atoms with E-state index in [-0.39, 0.29) is 16.7 Å². The highest BCUT2D eigenvalue weighted by atomic mass is 16.5. The molecule has 2 heterocycles. The van der Waals surface area contributed by atoms with Crippen LogP contribution in [0.4, 0.5) is 5.82 Å². The van der Waals surface area contributed by atoms with Crippen LogP contribution in [-0.2, 0) is 15.0 Å². The Morgan fingerprint density at radius 3 is 2.31 bits per heavy atom. The topological polar surface area (TPSA) is 79.7 Å². The number of aliphatic hydroxyl groups is 1. The van der Waals surface area contributed by atoms with Crippen LogP contribution in [0, 0.1) is 0 Å². The highest BCUT2D eigenvalue weighted by Crippen LogP contribution is 2.42. The second kappa shape index (κ2) is 9.58. The summed E-state index contributed by atoms with van der Waals surface area (Å²) < 4.78 is 5.50. The van der Waals surface area contributed by atoms with E-state index in [1.807, 2.05) is 24.3 Å². The van der Waals surface area contributed by atoms with Gasteiger partial charge in [0.25, 0.3) is 5.78 Å². The Labute approximate surface area is 205 Å². The maximum absolute atomic E-state index is 13.2. The molecule has 1 aliphatic rings. The number of benzene rings is 2. The fourth-order valence-electron chi connectivity index (χ4n) is 4.07. The van der Waals surface area contributed by atoms with E-state index in [2.05, 4.69) is 32.3 Å². The van der Waals surface area contributed by atoms with E-state index in [1.54, 1.807) is 54.7 Å². The first-order valence-electron chi connectivity index (χ1n) is 11.4. The maximum atomic E-state index is 13.2. The fraction of sp³-hybridized carbons (Fsp3) is 0.207. The van der Waals surface area contributed by atoms with E-state index >= 15 is 0 Å². The quantitative estimate of drug-likeness (QED) is 0.221. The molecule has 0 saturated carbocycles. The predicted octanol–water partition coefficient (Wildman–Crippen LogP) is 5.57. The van der Waals surface area contributed by atoms with Crippen molar-refractivity contribution in [3.63, 3.8) is 0 Å². The van der Waals surface area contributed by atoms with Crippen molar-refractivity contribution in [3.8, 4) is 5.75 Å². The third kappa shape index (κ3) is 4.73. The van der Waals surface area contributed by atoms with Crippen molar-refractivity contribution >= 4 is 23.3 Å². The first-order chi connectivity index (χ1) is 16.7. The molecule has 1 N–H and O–H groups in total. The summed E-state index contributed by atoms with van der Waals surface area (Å²) in [6, 6.07) is 18.8. The van der Waals surface area contributed by atoms with Crippen LogP contribution < -0.4 is 9.64 Å². The van der Waals surface area contributed by atoms with Crippen molar-refractivity contribution in [1.82, 2.24) is 4.98 Å². The first kappa shape index (κ1) is 24.0. The lowest BCUT2D eigenvalue weighted by Crippen LogP contribution is -2.30. The number of nitrogens with zero attached hydrogens (tertiary/aromatic N) is 2. The van der Waals surface area contributed by atoms with Gasteiger partial charge in [0.2, 0.25) is 0 Å². The SMILES string of the molecule is C=CCOc1ccc(/C(O)=C2\C(=O)C(=O)N(c3ccccn3)C2c2ccc(C(C)(C)C)cc2)cc1. The molecule has 6 nitrogen and oxygen atoms in total. The normalized spacial score (nSPS) is 17.5. The predicted molar refractivity (Wildman–Crippen MR) is 136 cm³/mol. The first-order valence-corrected chi connectivity index (χ1v) is 11.4. The number of amides is 1. The summed E-state index contributed by atoms with van der Waals surface area (Å²) in [5, 5.41) is 11.3. The highest BCUT2D eigenvalue weighted by Gasteiger charge is 2.47. The molecule has 0 aliphatic carbocycles. The molecule has 1 atom stereocenters. The Morgan fingerprint density at radius 1 is 1.06 bits per heavy atom. The molecule has 0 bridgehead atoms. The number of ether oxygens (including phenoxy) is 1. The zero-order valence-electron chi connectivity index (χ0n) is 20.1. The molecule has 1 unspecified atom stereocenters. The van der Waals surface area contributed by atoms with Gasteiger partial charge in [-0.1, -0.05) is 63.8 Å². The van der Waals surface area contributed by atoms with Crippen LogP contribution in [0.2, 0.25) is 0 Å². The van der Waals surface area contributed by atoms with Crippen molar-refractivity contribution in [2.24, 2.45) is 0 Å². The van der Waals surface area contributed by atoms with Crippen molar-refractivity contribution in [3.05, 3.63) is 108 Å². The van der Waals surface area contributed by atoms with Gasteiger partial charge in [0.1, 0.15) is 23.9 Å². The summed E-state index contributed by atoms with van der Waals surface area (Å²) >= 11 is 0. The summed E-state index contributed by atoms with van der Waals surface area (Å²) in [5.74, 6) is -0.801. The van der Waals surface area contributed by atoms with Crippen LogP contribution >= 0.6 is 0 Å². The van der Waals surface area contributed by atoms with Gasteiger partial charge in [0.05, 0.1) is 11.6 Å². The van der Waals surface area contributed by atoms with Crippen LogP contribution in [0.1, 0.15) is 43.5 Å². The van der Waals surface area contributed by atoms with Gasteiger partial charge >= 0.3 is 5.91 Å². The fourth-order valence-corrected chi connectivity index (χ4v) is 4.07. The molecule has 2 aromatic carbocycles. The second-order valence-electron chi connectivity index (χ2n) is 9.35. The van der Waals surface area contributed by atoms with Crippen molar-refractivity contribution in [2.75, 3.05) is 11.5 Å².